The van der Waals surface area contributed by atoms with Gasteiger partial charge in [0.1, 0.15) is 0 Å². The number of guanidine groups is 1. The van der Waals surface area contributed by atoms with Gasteiger partial charge in [0.25, 0.3) is 0 Å². The van der Waals surface area contributed by atoms with Crippen molar-refractivity contribution in [3.63, 3.8) is 0 Å². The molecular formula is C19H31N5O. The second-order valence-electron chi connectivity index (χ2n) is 6.64. The number of rotatable bonds is 7. The number of aliphatic imine (C=N–C) groups is 1. The molecule has 6 nitrogen and oxygen atoms in total. The molecular weight excluding hydrogens is 314 g/mol. The second kappa shape index (κ2) is 10.7. The minimum Gasteiger partial charge on any atom is -0.356 e. The van der Waals surface area contributed by atoms with E-state index < -0.39 is 0 Å². The molecule has 1 fully saturated rings. The number of benzene rings is 1. The molecule has 1 aliphatic rings. The van der Waals surface area contributed by atoms with Crippen molar-refractivity contribution < 1.29 is 4.79 Å². The molecule has 0 spiro atoms. The highest BCUT2D eigenvalue weighted by Crippen LogP contribution is 2.15. The molecule has 1 saturated heterocycles. The van der Waals surface area contributed by atoms with Crippen LogP contribution in [0.3, 0.4) is 0 Å². The number of carbonyl (C=O) groups excluding carboxylic acids is 1. The average Bonchev–Trinajstić information content (AvgIpc) is 2.63. The number of piperidine rings is 1. The number of hydrogen-bond donors (Lipinski definition) is 3. The zero-order chi connectivity index (χ0) is 17.9. The molecule has 25 heavy (non-hydrogen) atoms. The van der Waals surface area contributed by atoms with Crippen molar-refractivity contribution in [1.29, 1.82) is 0 Å². The molecule has 6 heteroatoms. The Bertz CT molecular complexity index is 538. The van der Waals surface area contributed by atoms with Gasteiger partial charge in [0.2, 0.25) is 5.91 Å². The highest BCUT2D eigenvalue weighted by Gasteiger charge is 2.14. The maximum Gasteiger partial charge on any atom is 0.243 e. The van der Waals surface area contributed by atoms with Crippen LogP contribution in [-0.4, -0.2) is 56.5 Å². The van der Waals surface area contributed by atoms with Crippen molar-refractivity contribution in [1.82, 2.24) is 15.5 Å². The molecule has 3 N–H and O–H groups in total. The van der Waals surface area contributed by atoms with Gasteiger partial charge in [0.15, 0.2) is 5.96 Å². The van der Waals surface area contributed by atoms with E-state index in [1.165, 1.54) is 25.9 Å². The maximum absolute atomic E-state index is 11.9. The minimum absolute atomic E-state index is 0.0865. The van der Waals surface area contributed by atoms with Crippen LogP contribution in [-0.2, 0) is 4.79 Å². The Morgan fingerprint density at radius 2 is 1.92 bits per heavy atom. The summed E-state index contributed by atoms with van der Waals surface area (Å²) in [6.45, 7) is 6.93. The summed E-state index contributed by atoms with van der Waals surface area (Å²) in [5.74, 6) is 1.45. The normalized spacial score (nSPS) is 16.5. The van der Waals surface area contributed by atoms with Gasteiger partial charge in [-0.15, -0.1) is 0 Å². The summed E-state index contributed by atoms with van der Waals surface area (Å²) < 4.78 is 0. The number of likely N-dealkylation sites (tertiary alicyclic amines) is 1. The van der Waals surface area contributed by atoms with Gasteiger partial charge in [-0.05, 0) is 56.9 Å². The number of para-hydroxylation sites is 1. The Morgan fingerprint density at radius 1 is 1.20 bits per heavy atom. The Hall–Kier alpha value is -2.08. The van der Waals surface area contributed by atoms with Crippen LogP contribution < -0.4 is 16.0 Å². The molecule has 1 amide bonds. The second-order valence-corrected chi connectivity index (χ2v) is 6.64. The minimum atomic E-state index is -0.0865. The van der Waals surface area contributed by atoms with Gasteiger partial charge < -0.3 is 20.9 Å². The first-order chi connectivity index (χ1) is 12.2. The van der Waals surface area contributed by atoms with E-state index in [-0.39, 0.29) is 12.5 Å². The lowest BCUT2D eigenvalue weighted by atomic mass is 9.99. The maximum atomic E-state index is 11.9. The van der Waals surface area contributed by atoms with Gasteiger partial charge in [0, 0.05) is 19.3 Å². The molecule has 0 aromatic heterocycles. The predicted molar refractivity (Wildman–Crippen MR) is 104 cm³/mol. The lowest BCUT2D eigenvalue weighted by molar-refractivity contribution is -0.115. The lowest BCUT2D eigenvalue weighted by Crippen LogP contribution is -2.42. The van der Waals surface area contributed by atoms with Crippen LogP contribution in [0.15, 0.2) is 35.3 Å². The first kappa shape index (κ1) is 19.2. The van der Waals surface area contributed by atoms with E-state index in [0.717, 1.165) is 31.1 Å². The molecule has 138 valence electrons. The Labute approximate surface area is 151 Å². The number of nitrogens with zero attached hydrogens (tertiary/aromatic N) is 2. The van der Waals surface area contributed by atoms with Crippen LogP contribution >= 0.6 is 0 Å². The molecule has 1 heterocycles. The van der Waals surface area contributed by atoms with Crippen LogP contribution in [0.1, 0.15) is 26.2 Å². The fourth-order valence-corrected chi connectivity index (χ4v) is 2.91. The number of amides is 1. The third-order valence-corrected chi connectivity index (χ3v) is 4.52. The van der Waals surface area contributed by atoms with E-state index in [4.69, 9.17) is 0 Å². The Morgan fingerprint density at radius 3 is 2.60 bits per heavy atom. The molecule has 1 aromatic rings. The molecule has 0 radical (unpaired) electrons. The predicted octanol–water partition coefficient (Wildman–Crippen LogP) is 1.91. The van der Waals surface area contributed by atoms with Crippen molar-refractivity contribution in [2.45, 2.75) is 26.2 Å². The van der Waals surface area contributed by atoms with Crippen molar-refractivity contribution >= 4 is 17.6 Å². The van der Waals surface area contributed by atoms with E-state index in [9.17, 15) is 4.79 Å². The summed E-state index contributed by atoms with van der Waals surface area (Å²) in [4.78, 5) is 18.6. The van der Waals surface area contributed by atoms with Crippen LogP contribution in [0, 0.1) is 5.92 Å². The summed E-state index contributed by atoms with van der Waals surface area (Å²) in [6, 6.07) is 9.45. The number of nitrogens with one attached hydrogen (secondary N) is 3. The number of hydrogen-bond acceptors (Lipinski definition) is 3. The topological polar surface area (TPSA) is 68.8 Å². The van der Waals surface area contributed by atoms with Crippen molar-refractivity contribution in [2.24, 2.45) is 10.9 Å². The standard InChI is InChI=1S/C19H31N5O/c1-16-9-13-24(14-10-16)12-6-11-21-19(20-2)22-15-18(25)23-17-7-4-3-5-8-17/h3-5,7-8,16H,6,9-15H2,1-2H3,(H,23,25)(H2,20,21,22). The van der Waals surface area contributed by atoms with E-state index in [0.29, 0.717) is 5.96 Å². The first-order valence-electron chi connectivity index (χ1n) is 9.19. The van der Waals surface area contributed by atoms with Gasteiger partial charge in [-0.2, -0.15) is 0 Å². The van der Waals surface area contributed by atoms with E-state index in [1.807, 2.05) is 30.3 Å². The van der Waals surface area contributed by atoms with Crippen LogP contribution in [0.5, 0.6) is 0 Å². The van der Waals surface area contributed by atoms with Crippen molar-refractivity contribution in [3.8, 4) is 0 Å². The molecule has 1 aliphatic heterocycles. The largest absolute Gasteiger partial charge is 0.356 e. The summed E-state index contributed by atoms with van der Waals surface area (Å²) in [5.41, 5.74) is 0.799. The van der Waals surface area contributed by atoms with Crippen LogP contribution in [0.2, 0.25) is 0 Å². The fourth-order valence-electron chi connectivity index (χ4n) is 2.91. The van der Waals surface area contributed by atoms with Crippen molar-refractivity contribution in [2.75, 3.05) is 45.1 Å². The molecule has 0 unspecified atom stereocenters. The Balaban J connectivity index is 1.58. The molecule has 1 aromatic carbocycles. The third kappa shape index (κ3) is 7.56. The van der Waals surface area contributed by atoms with Crippen LogP contribution in [0.4, 0.5) is 5.69 Å². The highest BCUT2D eigenvalue weighted by atomic mass is 16.1. The third-order valence-electron chi connectivity index (χ3n) is 4.52. The summed E-state index contributed by atoms with van der Waals surface area (Å²) >= 11 is 0. The molecule has 2 rings (SSSR count). The van der Waals surface area contributed by atoms with E-state index >= 15 is 0 Å². The zero-order valence-electron chi connectivity index (χ0n) is 15.4. The molecule has 0 bridgehead atoms. The van der Waals surface area contributed by atoms with E-state index in [2.05, 4.69) is 32.8 Å². The summed E-state index contributed by atoms with van der Waals surface area (Å²) in [5, 5.41) is 9.16. The quantitative estimate of drug-likeness (QED) is 0.401. The van der Waals surface area contributed by atoms with Gasteiger partial charge in [-0.25, -0.2) is 0 Å². The Kier molecular flexibility index (Phi) is 8.25. The van der Waals surface area contributed by atoms with Gasteiger partial charge >= 0.3 is 0 Å². The monoisotopic (exact) mass is 345 g/mol. The zero-order valence-corrected chi connectivity index (χ0v) is 15.4. The lowest BCUT2D eigenvalue weighted by Gasteiger charge is -2.30. The van der Waals surface area contributed by atoms with Gasteiger partial charge in [-0.3, -0.25) is 9.79 Å². The van der Waals surface area contributed by atoms with E-state index in [1.54, 1.807) is 7.05 Å². The first-order valence-corrected chi connectivity index (χ1v) is 9.19. The highest BCUT2D eigenvalue weighted by molar-refractivity contribution is 5.94. The number of carbonyl (C=O) groups is 1. The van der Waals surface area contributed by atoms with Crippen LogP contribution in [0.25, 0.3) is 0 Å². The van der Waals surface area contributed by atoms with Gasteiger partial charge in [-0.1, -0.05) is 25.1 Å². The fraction of sp³-hybridized carbons (Fsp3) is 0.579. The number of anilines is 1. The molecule has 0 saturated carbocycles. The SMILES string of the molecule is CN=C(NCCCN1CCC(C)CC1)NCC(=O)Nc1ccccc1. The molecule has 0 atom stereocenters. The van der Waals surface area contributed by atoms with Crippen molar-refractivity contribution in [3.05, 3.63) is 30.3 Å². The summed E-state index contributed by atoms with van der Waals surface area (Å²) in [6.07, 6.45) is 3.70. The molecule has 0 aliphatic carbocycles. The summed E-state index contributed by atoms with van der Waals surface area (Å²) in [7, 11) is 1.72. The average molecular weight is 345 g/mol. The van der Waals surface area contributed by atoms with Gasteiger partial charge in [0.05, 0.1) is 6.54 Å². The smallest absolute Gasteiger partial charge is 0.243 e.